The topological polar surface area (TPSA) is 101 Å². The normalized spacial score (nSPS) is 20.2. The number of nitrogens with zero attached hydrogens (tertiary/aromatic N) is 3. The molecule has 0 atom stereocenters. The summed E-state index contributed by atoms with van der Waals surface area (Å²) in [7, 11) is 0. The van der Waals surface area contributed by atoms with Gasteiger partial charge < -0.3 is 20.0 Å². The summed E-state index contributed by atoms with van der Waals surface area (Å²) in [5.41, 5.74) is 1.67. The van der Waals surface area contributed by atoms with E-state index in [2.05, 4.69) is 4.90 Å². The van der Waals surface area contributed by atoms with Crippen LogP contribution < -0.4 is 4.90 Å². The molecule has 3 amide bonds. The summed E-state index contributed by atoms with van der Waals surface area (Å²) in [6, 6.07) is 14.2. The minimum Gasteiger partial charge on any atom is -0.508 e. The number of phenols is 1. The van der Waals surface area contributed by atoms with Gasteiger partial charge in [-0.1, -0.05) is 43.5 Å². The Hall–Kier alpha value is -3.55. The van der Waals surface area contributed by atoms with Gasteiger partial charge in [0.25, 0.3) is 5.91 Å². The predicted octanol–water partition coefficient (Wildman–Crippen LogP) is 4.40. The fraction of sp³-hybridized carbons (Fsp3) is 0.483. The van der Waals surface area contributed by atoms with Gasteiger partial charge in [-0.05, 0) is 67.0 Å². The van der Waals surface area contributed by atoms with E-state index in [1.807, 2.05) is 24.3 Å². The quantitative estimate of drug-likeness (QED) is 0.541. The van der Waals surface area contributed by atoms with Crippen LogP contribution in [0.3, 0.4) is 0 Å². The van der Waals surface area contributed by atoms with E-state index in [-0.39, 0.29) is 24.1 Å². The second-order valence-electron chi connectivity index (χ2n) is 10.7. The molecule has 5 rings (SSSR count). The van der Waals surface area contributed by atoms with Crippen molar-refractivity contribution >= 4 is 23.6 Å². The second kappa shape index (κ2) is 10.4. The molecule has 2 aromatic rings. The number of hydrogen-bond acceptors (Lipinski definition) is 5. The number of carbonyl (C=O) groups excluding carboxylic acids is 2. The number of aliphatic carboxylic acids is 1. The van der Waals surface area contributed by atoms with E-state index in [4.69, 9.17) is 5.11 Å². The zero-order valence-electron chi connectivity index (χ0n) is 21.1. The standard InChI is InChI=1S/C29H35N3O5/c33-25-11-9-22(10-12-25)20-32-28(37)31(19-21-5-2-1-3-6-21)27(36)29(32)13-15-30(16-14-29)24-8-4-7-23(17-24)18-26(34)35/h4,7-12,17,21,33H,1-3,5-6,13-16,18-20H2,(H,34,35). The van der Waals surface area contributed by atoms with E-state index >= 15 is 0 Å². The molecular formula is C29H35N3O5. The fourth-order valence-corrected chi connectivity index (χ4v) is 6.23. The molecular weight excluding hydrogens is 470 g/mol. The Labute approximate surface area is 217 Å². The van der Waals surface area contributed by atoms with Gasteiger partial charge in [0.1, 0.15) is 11.3 Å². The molecule has 3 aliphatic rings. The van der Waals surface area contributed by atoms with Crippen molar-refractivity contribution in [2.75, 3.05) is 24.5 Å². The lowest BCUT2D eigenvalue weighted by molar-refractivity contribution is -0.136. The number of rotatable bonds is 7. The summed E-state index contributed by atoms with van der Waals surface area (Å²) >= 11 is 0. The maximum absolute atomic E-state index is 14.0. The molecule has 0 radical (unpaired) electrons. The Morgan fingerprint density at radius 2 is 1.65 bits per heavy atom. The van der Waals surface area contributed by atoms with Crippen molar-refractivity contribution < 1.29 is 24.6 Å². The Bertz CT molecular complexity index is 1150. The summed E-state index contributed by atoms with van der Waals surface area (Å²) in [6.45, 7) is 2.00. The van der Waals surface area contributed by atoms with Crippen molar-refractivity contribution in [3.05, 3.63) is 59.7 Å². The third kappa shape index (κ3) is 5.15. The van der Waals surface area contributed by atoms with E-state index in [9.17, 15) is 19.5 Å². The predicted molar refractivity (Wildman–Crippen MR) is 139 cm³/mol. The zero-order valence-corrected chi connectivity index (χ0v) is 21.1. The van der Waals surface area contributed by atoms with Crippen molar-refractivity contribution in [3.8, 4) is 5.75 Å². The average molecular weight is 506 g/mol. The molecule has 0 aromatic heterocycles. The van der Waals surface area contributed by atoms with E-state index in [0.717, 1.165) is 42.5 Å². The van der Waals surface area contributed by atoms with Crippen molar-refractivity contribution in [1.29, 1.82) is 0 Å². The molecule has 37 heavy (non-hydrogen) atoms. The second-order valence-corrected chi connectivity index (χ2v) is 10.7. The highest BCUT2D eigenvalue weighted by atomic mass is 16.4. The van der Waals surface area contributed by atoms with Gasteiger partial charge in [0.15, 0.2) is 0 Å². The molecule has 8 heteroatoms. The van der Waals surface area contributed by atoms with E-state index in [0.29, 0.717) is 44.9 Å². The molecule has 2 heterocycles. The Morgan fingerprint density at radius 3 is 2.32 bits per heavy atom. The van der Waals surface area contributed by atoms with Crippen LogP contribution in [0.25, 0.3) is 0 Å². The van der Waals surface area contributed by atoms with Crippen LogP contribution in [0, 0.1) is 5.92 Å². The summed E-state index contributed by atoms with van der Waals surface area (Å²) < 4.78 is 0. The van der Waals surface area contributed by atoms with Crippen LogP contribution >= 0.6 is 0 Å². The first-order valence-electron chi connectivity index (χ1n) is 13.3. The number of imide groups is 1. The van der Waals surface area contributed by atoms with Crippen LogP contribution in [0.5, 0.6) is 5.75 Å². The van der Waals surface area contributed by atoms with Crippen LogP contribution in [0.4, 0.5) is 10.5 Å². The SMILES string of the molecule is O=C(O)Cc1cccc(N2CCC3(CC2)C(=O)N(CC2CCCCC2)C(=O)N3Cc2ccc(O)cc2)c1. The largest absolute Gasteiger partial charge is 0.508 e. The van der Waals surface area contributed by atoms with Crippen molar-refractivity contribution in [1.82, 2.24) is 9.80 Å². The van der Waals surface area contributed by atoms with Crippen LogP contribution in [0.2, 0.25) is 0 Å². The van der Waals surface area contributed by atoms with Gasteiger partial charge in [-0.3, -0.25) is 14.5 Å². The number of piperidine rings is 1. The van der Waals surface area contributed by atoms with Crippen molar-refractivity contribution in [2.24, 2.45) is 5.92 Å². The van der Waals surface area contributed by atoms with Gasteiger partial charge in [-0.2, -0.15) is 0 Å². The summed E-state index contributed by atoms with van der Waals surface area (Å²) in [5, 5.41) is 18.9. The number of urea groups is 1. The zero-order chi connectivity index (χ0) is 26.0. The molecule has 1 spiro atoms. The van der Waals surface area contributed by atoms with Gasteiger partial charge in [0.05, 0.1) is 6.42 Å². The van der Waals surface area contributed by atoms with Crippen LogP contribution in [-0.4, -0.2) is 63.1 Å². The lowest BCUT2D eigenvalue weighted by atomic mass is 9.84. The first-order valence-corrected chi connectivity index (χ1v) is 13.3. The molecule has 2 saturated heterocycles. The van der Waals surface area contributed by atoms with Gasteiger partial charge >= 0.3 is 12.0 Å². The van der Waals surface area contributed by atoms with Crippen molar-refractivity contribution in [3.63, 3.8) is 0 Å². The number of aromatic hydroxyl groups is 1. The van der Waals surface area contributed by atoms with E-state index in [1.54, 1.807) is 29.2 Å². The Kier molecular flexibility index (Phi) is 7.09. The van der Waals surface area contributed by atoms with Gasteiger partial charge in [-0.15, -0.1) is 0 Å². The smallest absolute Gasteiger partial charge is 0.327 e. The Balaban J connectivity index is 1.38. The number of carbonyl (C=O) groups is 3. The monoisotopic (exact) mass is 505 g/mol. The van der Waals surface area contributed by atoms with E-state index in [1.165, 1.54) is 11.3 Å². The first kappa shape index (κ1) is 25.1. The number of amides is 3. The number of carboxylic acid groups (broad SMARTS) is 1. The number of benzene rings is 2. The fourth-order valence-electron chi connectivity index (χ4n) is 6.23. The van der Waals surface area contributed by atoms with Crippen LogP contribution in [0.1, 0.15) is 56.1 Å². The molecule has 8 nitrogen and oxygen atoms in total. The average Bonchev–Trinajstić information content (AvgIpc) is 3.07. The third-order valence-corrected chi connectivity index (χ3v) is 8.29. The molecule has 2 aliphatic heterocycles. The maximum Gasteiger partial charge on any atom is 0.327 e. The molecule has 2 aromatic carbocycles. The summed E-state index contributed by atoms with van der Waals surface area (Å²) in [5.74, 6) is -0.419. The molecule has 0 unspecified atom stereocenters. The third-order valence-electron chi connectivity index (χ3n) is 8.29. The first-order chi connectivity index (χ1) is 17.9. The highest BCUT2D eigenvalue weighted by Crippen LogP contribution is 2.40. The molecule has 1 aliphatic carbocycles. The minimum absolute atomic E-state index is 0.0326. The molecule has 196 valence electrons. The maximum atomic E-state index is 14.0. The highest BCUT2D eigenvalue weighted by molar-refractivity contribution is 6.07. The van der Waals surface area contributed by atoms with Gasteiger partial charge in [0, 0.05) is 31.9 Å². The summed E-state index contributed by atoms with van der Waals surface area (Å²) in [4.78, 5) is 44.3. The number of hydrogen-bond donors (Lipinski definition) is 2. The lowest BCUT2D eigenvalue weighted by Gasteiger charge is -2.43. The number of anilines is 1. The van der Waals surface area contributed by atoms with E-state index < -0.39 is 11.5 Å². The van der Waals surface area contributed by atoms with Gasteiger partial charge in [-0.25, -0.2) is 4.79 Å². The number of phenolic OH excluding ortho intramolecular Hbond substituents is 1. The highest BCUT2D eigenvalue weighted by Gasteiger charge is 2.58. The molecule has 0 bridgehead atoms. The van der Waals surface area contributed by atoms with Crippen LogP contribution in [-0.2, 0) is 22.6 Å². The number of carboxylic acids is 1. The minimum atomic E-state index is -0.890. The summed E-state index contributed by atoms with van der Waals surface area (Å²) in [6.07, 6.45) is 6.64. The lowest BCUT2D eigenvalue weighted by Crippen LogP contribution is -2.56. The van der Waals surface area contributed by atoms with Crippen LogP contribution in [0.15, 0.2) is 48.5 Å². The Morgan fingerprint density at radius 1 is 0.946 bits per heavy atom. The van der Waals surface area contributed by atoms with Gasteiger partial charge in [0.2, 0.25) is 0 Å². The van der Waals surface area contributed by atoms with Crippen molar-refractivity contribution in [2.45, 2.75) is 63.5 Å². The molecule has 2 N–H and O–H groups in total. The molecule has 3 fully saturated rings. The molecule has 1 saturated carbocycles.